The van der Waals surface area contributed by atoms with Crippen LogP contribution in [0.15, 0.2) is 60.7 Å². The Balaban J connectivity index is 1.18. The Labute approximate surface area is 248 Å². The normalized spacial score (nSPS) is 20.7. The number of nitrogens with zero attached hydrogens (tertiary/aromatic N) is 6. The molecule has 6 rings (SSSR count). The summed E-state index contributed by atoms with van der Waals surface area (Å²) in [5.74, 6) is 0.407. The van der Waals surface area contributed by atoms with Crippen LogP contribution >= 0.6 is 11.6 Å². The molecule has 2 aliphatic heterocycles. The maximum atomic E-state index is 13.9. The molecular formula is C31H30ClFN6O3. The molecule has 0 radical (unpaired) electrons. The van der Waals surface area contributed by atoms with E-state index in [1.54, 1.807) is 17.0 Å². The first-order chi connectivity index (χ1) is 20.4. The van der Waals surface area contributed by atoms with Gasteiger partial charge in [-0.2, -0.15) is 5.26 Å². The van der Waals surface area contributed by atoms with Crippen molar-refractivity contribution in [2.24, 2.45) is 5.92 Å². The van der Waals surface area contributed by atoms with Crippen LogP contribution in [-0.4, -0.2) is 70.3 Å². The molecule has 3 aliphatic rings. The summed E-state index contributed by atoms with van der Waals surface area (Å²) in [4.78, 5) is 33.2. The summed E-state index contributed by atoms with van der Waals surface area (Å²) < 4.78 is 19.1. The number of carbonyl (C=O) groups is 2. The highest BCUT2D eigenvalue weighted by Gasteiger charge is 2.48. The van der Waals surface area contributed by atoms with E-state index in [4.69, 9.17) is 21.6 Å². The van der Waals surface area contributed by atoms with Gasteiger partial charge >= 0.3 is 6.09 Å². The van der Waals surface area contributed by atoms with Gasteiger partial charge in [-0.05, 0) is 79.8 Å². The molecular weight excluding hydrogens is 559 g/mol. The lowest BCUT2D eigenvalue weighted by molar-refractivity contribution is -0.135. The second-order valence-electron chi connectivity index (χ2n) is 11.1. The number of anilines is 1. The highest BCUT2D eigenvalue weighted by atomic mass is 35.5. The first-order valence-corrected chi connectivity index (χ1v) is 14.6. The zero-order chi connectivity index (χ0) is 29.2. The maximum absolute atomic E-state index is 13.9. The number of carbonyl (C=O) groups excluding carboxylic acids is 2. The smallest absolute Gasteiger partial charge is 0.410 e. The lowest BCUT2D eigenvalue weighted by Gasteiger charge is -2.34. The molecule has 1 aliphatic carbocycles. The highest BCUT2D eigenvalue weighted by molar-refractivity contribution is 6.30. The summed E-state index contributed by atoms with van der Waals surface area (Å²) in [7, 11) is 0. The minimum Gasteiger partial charge on any atom is -0.410 e. The van der Waals surface area contributed by atoms with Gasteiger partial charge in [0.15, 0.2) is 11.5 Å². The van der Waals surface area contributed by atoms with E-state index in [1.807, 2.05) is 35.2 Å². The molecule has 3 fully saturated rings. The molecule has 9 nitrogen and oxygen atoms in total. The summed E-state index contributed by atoms with van der Waals surface area (Å²) in [6, 6.07) is 18.1. The average Bonchev–Trinajstić information content (AvgIpc) is 3.76. The summed E-state index contributed by atoms with van der Waals surface area (Å²) >= 11 is 6.18. The van der Waals surface area contributed by atoms with Gasteiger partial charge in [-0.15, -0.1) is 10.2 Å². The number of amides is 2. The van der Waals surface area contributed by atoms with Crippen molar-refractivity contribution in [3.8, 4) is 11.8 Å². The fourth-order valence-corrected chi connectivity index (χ4v) is 6.14. The van der Waals surface area contributed by atoms with Gasteiger partial charge in [0.25, 0.3) is 0 Å². The standard InChI is InChI=1S/C31H30ClFN6O3/c32-22-3-1-20(2-4-22)27-18-38(30(40)21-13-15-37(16-14-21)29-12-7-24(17-34)35-36-29)19-28(27)39(25-8-9-25)31(41)42-26-10-5-23(33)6-11-26/h1-7,10-12,21,25,27-28H,8-9,13-16,18-19H2. The third-order valence-electron chi connectivity index (χ3n) is 8.36. The van der Waals surface area contributed by atoms with Crippen LogP contribution in [-0.2, 0) is 4.79 Å². The molecule has 2 atom stereocenters. The van der Waals surface area contributed by atoms with Crippen molar-refractivity contribution in [2.75, 3.05) is 31.1 Å². The van der Waals surface area contributed by atoms with Crippen molar-refractivity contribution in [1.82, 2.24) is 20.0 Å². The van der Waals surface area contributed by atoms with Crippen LogP contribution in [0.5, 0.6) is 5.75 Å². The summed E-state index contributed by atoms with van der Waals surface area (Å²) in [5.41, 5.74) is 1.28. The third kappa shape index (κ3) is 6.02. The predicted molar refractivity (Wildman–Crippen MR) is 154 cm³/mol. The van der Waals surface area contributed by atoms with Gasteiger partial charge in [-0.3, -0.25) is 9.69 Å². The third-order valence-corrected chi connectivity index (χ3v) is 8.61. The zero-order valence-corrected chi connectivity index (χ0v) is 23.7. The van der Waals surface area contributed by atoms with Crippen LogP contribution in [0.25, 0.3) is 0 Å². The van der Waals surface area contributed by atoms with E-state index in [1.165, 1.54) is 24.3 Å². The zero-order valence-electron chi connectivity index (χ0n) is 22.9. The van der Waals surface area contributed by atoms with Crippen LogP contribution in [0, 0.1) is 23.1 Å². The van der Waals surface area contributed by atoms with Gasteiger partial charge in [-0.1, -0.05) is 23.7 Å². The van der Waals surface area contributed by atoms with Gasteiger partial charge in [-0.25, -0.2) is 9.18 Å². The number of aromatic nitrogens is 2. The molecule has 1 saturated carbocycles. The van der Waals surface area contributed by atoms with Crippen molar-refractivity contribution in [2.45, 2.75) is 43.7 Å². The highest BCUT2D eigenvalue weighted by Crippen LogP contribution is 2.39. The second-order valence-corrected chi connectivity index (χ2v) is 11.5. The minimum atomic E-state index is -0.487. The number of hydrogen-bond acceptors (Lipinski definition) is 7. The molecule has 11 heteroatoms. The quantitative estimate of drug-likeness (QED) is 0.398. The van der Waals surface area contributed by atoms with Gasteiger partial charge in [0.05, 0.1) is 6.04 Å². The first-order valence-electron chi connectivity index (χ1n) is 14.2. The molecule has 42 heavy (non-hydrogen) atoms. The van der Waals surface area contributed by atoms with Gasteiger partial charge in [0.1, 0.15) is 17.6 Å². The van der Waals surface area contributed by atoms with E-state index >= 15 is 0 Å². The predicted octanol–water partition coefficient (Wildman–Crippen LogP) is 5.02. The summed E-state index contributed by atoms with van der Waals surface area (Å²) in [6.45, 7) is 2.21. The van der Waals surface area contributed by atoms with E-state index < -0.39 is 11.9 Å². The molecule has 2 unspecified atom stereocenters. The van der Waals surface area contributed by atoms with Crippen molar-refractivity contribution in [1.29, 1.82) is 5.26 Å². The number of piperidine rings is 1. The molecule has 1 aromatic heterocycles. The first kappa shape index (κ1) is 27.9. The Morgan fingerprint density at radius 1 is 0.952 bits per heavy atom. The van der Waals surface area contributed by atoms with Crippen molar-refractivity contribution < 1.29 is 18.7 Å². The van der Waals surface area contributed by atoms with Gasteiger partial charge in [0.2, 0.25) is 5.91 Å². The number of benzene rings is 2. The number of nitriles is 1. The molecule has 3 aromatic rings. The lowest BCUT2D eigenvalue weighted by Crippen LogP contribution is -2.48. The van der Waals surface area contributed by atoms with Crippen molar-refractivity contribution in [3.05, 3.63) is 82.8 Å². The Hall–Kier alpha value is -4.23. The van der Waals surface area contributed by atoms with Gasteiger partial charge in [0, 0.05) is 49.1 Å². The molecule has 0 bridgehead atoms. The monoisotopic (exact) mass is 588 g/mol. The average molecular weight is 589 g/mol. The fraction of sp³-hybridized carbons (Fsp3) is 0.387. The molecule has 0 N–H and O–H groups in total. The Morgan fingerprint density at radius 3 is 2.29 bits per heavy atom. The van der Waals surface area contributed by atoms with Crippen molar-refractivity contribution in [3.63, 3.8) is 0 Å². The fourth-order valence-electron chi connectivity index (χ4n) is 6.02. The molecule has 2 aromatic carbocycles. The van der Waals surface area contributed by atoms with Crippen LogP contribution in [0.4, 0.5) is 15.0 Å². The van der Waals surface area contributed by atoms with Crippen LogP contribution in [0.3, 0.4) is 0 Å². The maximum Gasteiger partial charge on any atom is 0.415 e. The number of hydrogen-bond donors (Lipinski definition) is 0. The van der Waals surface area contributed by atoms with Gasteiger partial charge < -0.3 is 14.5 Å². The summed E-state index contributed by atoms with van der Waals surface area (Å²) in [5, 5.41) is 17.7. The largest absolute Gasteiger partial charge is 0.415 e. The number of likely N-dealkylation sites (tertiary alicyclic amines) is 1. The minimum absolute atomic E-state index is 0.0320. The van der Waals surface area contributed by atoms with E-state index in [2.05, 4.69) is 15.1 Å². The van der Waals surface area contributed by atoms with E-state index in [9.17, 15) is 14.0 Å². The van der Waals surface area contributed by atoms with Crippen molar-refractivity contribution >= 4 is 29.4 Å². The molecule has 2 saturated heterocycles. The Kier molecular flexibility index (Phi) is 7.94. The Bertz CT molecular complexity index is 1470. The number of halogens is 2. The second kappa shape index (κ2) is 11.9. The molecule has 2 amide bonds. The van der Waals surface area contributed by atoms with Crippen LogP contribution in [0.1, 0.15) is 42.9 Å². The van der Waals surface area contributed by atoms with E-state index in [-0.39, 0.29) is 41.3 Å². The van der Waals surface area contributed by atoms with Crippen LogP contribution < -0.4 is 9.64 Å². The Morgan fingerprint density at radius 2 is 1.67 bits per heavy atom. The number of ether oxygens (including phenoxy) is 1. The molecule has 216 valence electrons. The topological polar surface area (TPSA) is 103 Å². The lowest BCUT2D eigenvalue weighted by atomic mass is 9.93. The molecule has 3 heterocycles. The number of rotatable bonds is 6. The summed E-state index contributed by atoms with van der Waals surface area (Å²) in [6.07, 6.45) is 2.59. The SMILES string of the molecule is N#Cc1ccc(N2CCC(C(=O)N3CC(c4ccc(Cl)cc4)C(N(C(=O)Oc4ccc(F)cc4)C4CC4)C3)CC2)nn1. The van der Waals surface area contributed by atoms with Crippen LogP contribution in [0.2, 0.25) is 5.02 Å². The molecule has 0 spiro atoms. The van der Waals surface area contributed by atoms with E-state index in [0.717, 1.165) is 18.4 Å². The van der Waals surface area contributed by atoms with E-state index in [0.29, 0.717) is 49.9 Å².